The molecular formula is C14H21NO. The number of hydrogen-bond donors (Lipinski definition) is 2. The smallest absolute Gasteiger partial charge is 0.0860 e. The normalized spacial score (nSPS) is 20.2. The van der Waals surface area contributed by atoms with Gasteiger partial charge in [-0.05, 0) is 37.8 Å². The van der Waals surface area contributed by atoms with Crippen LogP contribution in [-0.2, 0) is 0 Å². The quantitative estimate of drug-likeness (QED) is 0.820. The van der Waals surface area contributed by atoms with Crippen molar-refractivity contribution in [3.63, 3.8) is 0 Å². The van der Waals surface area contributed by atoms with E-state index < -0.39 is 6.10 Å². The minimum absolute atomic E-state index is 0.0570. The molecule has 0 heterocycles. The Kier molecular flexibility index (Phi) is 3.04. The summed E-state index contributed by atoms with van der Waals surface area (Å²) >= 11 is 0. The lowest BCUT2D eigenvalue weighted by Gasteiger charge is -2.45. The van der Waals surface area contributed by atoms with E-state index in [2.05, 4.69) is 32.0 Å². The van der Waals surface area contributed by atoms with E-state index in [0.717, 1.165) is 24.0 Å². The van der Waals surface area contributed by atoms with E-state index >= 15 is 0 Å². The Morgan fingerprint density at radius 3 is 2.56 bits per heavy atom. The molecule has 2 rings (SSSR count). The predicted molar refractivity (Wildman–Crippen MR) is 66.2 cm³/mol. The third-order valence-electron chi connectivity index (χ3n) is 4.07. The topological polar surface area (TPSA) is 46.2 Å². The van der Waals surface area contributed by atoms with Gasteiger partial charge in [0.25, 0.3) is 0 Å². The summed E-state index contributed by atoms with van der Waals surface area (Å²) in [6.07, 6.45) is 2.90. The molecule has 0 aromatic heterocycles. The SMILES string of the molecule is Cc1ccc(C)c(C(O)C2(CN)CCC2)c1. The fraction of sp³-hybridized carbons (Fsp3) is 0.571. The third-order valence-corrected chi connectivity index (χ3v) is 4.07. The zero-order valence-electron chi connectivity index (χ0n) is 10.2. The molecule has 0 aliphatic heterocycles. The minimum atomic E-state index is -0.397. The van der Waals surface area contributed by atoms with E-state index in [1.807, 2.05) is 0 Å². The molecule has 1 aliphatic carbocycles. The number of aliphatic hydroxyl groups excluding tert-OH is 1. The van der Waals surface area contributed by atoms with E-state index in [0.29, 0.717) is 6.54 Å². The van der Waals surface area contributed by atoms with Gasteiger partial charge < -0.3 is 10.8 Å². The maximum Gasteiger partial charge on any atom is 0.0860 e. The fourth-order valence-electron chi connectivity index (χ4n) is 2.60. The van der Waals surface area contributed by atoms with Crippen LogP contribution in [0.4, 0.5) is 0 Å². The summed E-state index contributed by atoms with van der Waals surface area (Å²) in [6, 6.07) is 6.26. The second-order valence-electron chi connectivity index (χ2n) is 5.18. The highest BCUT2D eigenvalue weighted by Crippen LogP contribution is 2.49. The van der Waals surface area contributed by atoms with Crippen LogP contribution in [-0.4, -0.2) is 11.7 Å². The van der Waals surface area contributed by atoms with Crippen molar-refractivity contribution < 1.29 is 5.11 Å². The van der Waals surface area contributed by atoms with Crippen LogP contribution in [0, 0.1) is 19.3 Å². The van der Waals surface area contributed by atoms with Crippen molar-refractivity contribution in [2.45, 2.75) is 39.2 Å². The molecule has 16 heavy (non-hydrogen) atoms. The van der Waals surface area contributed by atoms with Gasteiger partial charge in [-0.1, -0.05) is 30.2 Å². The van der Waals surface area contributed by atoms with Crippen LogP contribution in [0.2, 0.25) is 0 Å². The summed E-state index contributed by atoms with van der Waals surface area (Å²) in [5, 5.41) is 10.5. The van der Waals surface area contributed by atoms with Gasteiger partial charge >= 0.3 is 0 Å². The summed E-state index contributed by atoms with van der Waals surface area (Å²) in [6.45, 7) is 4.70. The molecule has 1 atom stereocenters. The summed E-state index contributed by atoms with van der Waals surface area (Å²) in [5.74, 6) is 0. The highest BCUT2D eigenvalue weighted by atomic mass is 16.3. The van der Waals surface area contributed by atoms with Gasteiger partial charge in [0, 0.05) is 12.0 Å². The van der Waals surface area contributed by atoms with E-state index in [1.54, 1.807) is 0 Å². The van der Waals surface area contributed by atoms with Crippen molar-refractivity contribution in [1.82, 2.24) is 0 Å². The first-order chi connectivity index (χ1) is 7.59. The Balaban J connectivity index is 2.32. The molecule has 0 saturated heterocycles. The summed E-state index contributed by atoms with van der Waals surface area (Å²) in [4.78, 5) is 0. The second kappa shape index (κ2) is 4.19. The standard InChI is InChI=1S/C14H21NO/c1-10-4-5-11(2)12(8-10)13(16)14(9-15)6-3-7-14/h4-5,8,13,16H,3,6-7,9,15H2,1-2H3. The van der Waals surface area contributed by atoms with Crippen LogP contribution in [0.5, 0.6) is 0 Å². The van der Waals surface area contributed by atoms with Crippen LogP contribution < -0.4 is 5.73 Å². The van der Waals surface area contributed by atoms with Crippen LogP contribution in [0.15, 0.2) is 18.2 Å². The van der Waals surface area contributed by atoms with Gasteiger partial charge in [0.15, 0.2) is 0 Å². The number of aliphatic hydroxyl groups is 1. The lowest BCUT2D eigenvalue weighted by molar-refractivity contribution is -0.0300. The molecule has 1 fully saturated rings. The fourth-order valence-corrected chi connectivity index (χ4v) is 2.60. The molecule has 2 heteroatoms. The average molecular weight is 219 g/mol. The molecule has 1 aliphatic rings. The Morgan fingerprint density at radius 1 is 1.38 bits per heavy atom. The molecule has 1 saturated carbocycles. The molecule has 1 unspecified atom stereocenters. The van der Waals surface area contributed by atoms with Gasteiger partial charge in [-0.3, -0.25) is 0 Å². The maximum atomic E-state index is 10.5. The number of nitrogens with two attached hydrogens (primary N) is 1. The highest BCUT2D eigenvalue weighted by Gasteiger charge is 2.43. The van der Waals surface area contributed by atoms with E-state index in [4.69, 9.17) is 5.73 Å². The van der Waals surface area contributed by atoms with Crippen LogP contribution in [0.3, 0.4) is 0 Å². The number of aryl methyl sites for hydroxylation is 2. The molecule has 0 spiro atoms. The number of benzene rings is 1. The lowest BCUT2D eigenvalue weighted by Crippen LogP contribution is -2.42. The molecule has 3 N–H and O–H groups in total. The largest absolute Gasteiger partial charge is 0.388 e. The average Bonchev–Trinajstić information content (AvgIpc) is 2.21. The summed E-state index contributed by atoms with van der Waals surface area (Å²) in [7, 11) is 0. The predicted octanol–water partition coefficient (Wildman–Crippen LogP) is 2.47. The minimum Gasteiger partial charge on any atom is -0.388 e. The van der Waals surface area contributed by atoms with Gasteiger partial charge in [0.05, 0.1) is 6.10 Å². The summed E-state index contributed by atoms with van der Waals surface area (Å²) in [5.41, 5.74) is 9.20. The first-order valence-corrected chi connectivity index (χ1v) is 6.04. The zero-order chi connectivity index (χ0) is 11.8. The Bertz CT molecular complexity index is 377. The monoisotopic (exact) mass is 219 g/mol. The first kappa shape index (κ1) is 11.6. The van der Waals surface area contributed by atoms with Crippen molar-refractivity contribution in [1.29, 1.82) is 0 Å². The first-order valence-electron chi connectivity index (χ1n) is 6.04. The van der Waals surface area contributed by atoms with Crippen molar-refractivity contribution in [2.75, 3.05) is 6.54 Å². The molecular weight excluding hydrogens is 198 g/mol. The van der Waals surface area contributed by atoms with E-state index in [-0.39, 0.29) is 5.41 Å². The van der Waals surface area contributed by atoms with E-state index in [9.17, 15) is 5.11 Å². The Hall–Kier alpha value is -0.860. The molecule has 0 radical (unpaired) electrons. The summed E-state index contributed by atoms with van der Waals surface area (Å²) < 4.78 is 0. The molecule has 0 bridgehead atoms. The Morgan fingerprint density at radius 2 is 2.06 bits per heavy atom. The second-order valence-corrected chi connectivity index (χ2v) is 5.18. The van der Waals surface area contributed by atoms with E-state index in [1.165, 1.54) is 12.0 Å². The van der Waals surface area contributed by atoms with Crippen LogP contribution >= 0.6 is 0 Å². The van der Waals surface area contributed by atoms with Gasteiger partial charge in [-0.25, -0.2) is 0 Å². The highest BCUT2D eigenvalue weighted by molar-refractivity contribution is 5.33. The number of hydrogen-bond acceptors (Lipinski definition) is 2. The third kappa shape index (κ3) is 1.76. The van der Waals surface area contributed by atoms with Crippen molar-refractivity contribution >= 4 is 0 Å². The van der Waals surface area contributed by atoms with Crippen LogP contribution in [0.25, 0.3) is 0 Å². The van der Waals surface area contributed by atoms with Gasteiger partial charge in [0.2, 0.25) is 0 Å². The van der Waals surface area contributed by atoms with Gasteiger partial charge in [0.1, 0.15) is 0 Å². The molecule has 2 nitrogen and oxygen atoms in total. The van der Waals surface area contributed by atoms with Crippen molar-refractivity contribution in [3.05, 3.63) is 34.9 Å². The van der Waals surface area contributed by atoms with Crippen molar-refractivity contribution in [3.8, 4) is 0 Å². The molecule has 88 valence electrons. The van der Waals surface area contributed by atoms with Crippen molar-refractivity contribution in [2.24, 2.45) is 11.1 Å². The van der Waals surface area contributed by atoms with Gasteiger partial charge in [-0.2, -0.15) is 0 Å². The molecule has 1 aromatic rings. The molecule has 1 aromatic carbocycles. The Labute approximate surface area is 97.5 Å². The maximum absolute atomic E-state index is 10.5. The van der Waals surface area contributed by atoms with Crippen LogP contribution in [0.1, 0.15) is 42.1 Å². The lowest BCUT2D eigenvalue weighted by atomic mass is 9.63. The zero-order valence-corrected chi connectivity index (χ0v) is 10.2. The van der Waals surface area contributed by atoms with Gasteiger partial charge in [-0.15, -0.1) is 0 Å². The molecule has 0 amide bonds. The number of rotatable bonds is 3.